The molecule has 0 aromatic heterocycles. The van der Waals surface area contributed by atoms with Gasteiger partial charge in [-0.15, -0.1) is 0 Å². The molecule has 0 saturated carbocycles. The SMILES string of the molecule is CCCCCCOc1ccc([N+](=O)[O-])cc1S(N)(=O)=O. The van der Waals surface area contributed by atoms with Gasteiger partial charge in [-0.05, 0) is 12.5 Å². The Balaban J connectivity index is 2.87. The predicted octanol–water partition coefficient (Wildman–Crippen LogP) is 2.20. The van der Waals surface area contributed by atoms with Crippen molar-refractivity contribution in [2.24, 2.45) is 5.14 Å². The number of rotatable bonds is 8. The van der Waals surface area contributed by atoms with Gasteiger partial charge in [0.25, 0.3) is 5.69 Å². The van der Waals surface area contributed by atoms with E-state index in [-0.39, 0.29) is 16.3 Å². The summed E-state index contributed by atoms with van der Waals surface area (Å²) in [6, 6.07) is 3.37. The lowest BCUT2D eigenvalue weighted by Crippen LogP contribution is -2.14. The minimum absolute atomic E-state index is 0.0506. The Morgan fingerprint density at radius 3 is 2.55 bits per heavy atom. The van der Waals surface area contributed by atoms with Gasteiger partial charge in [-0.1, -0.05) is 26.2 Å². The molecule has 0 spiro atoms. The highest BCUT2D eigenvalue weighted by molar-refractivity contribution is 7.89. The van der Waals surface area contributed by atoms with E-state index in [1.165, 1.54) is 12.1 Å². The first-order valence-electron chi connectivity index (χ1n) is 6.30. The number of nitrogens with two attached hydrogens (primary N) is 1. The number of non-ortho nitro benzene ring substituents is 1. The average molecular weight is 302 g/mol. The highest BCUT2D eigenvalue weighted by Crippen LogP contribution is 2.27. The lowest BCUT2D eigenvalue weighted by molar-refractivity contribution is -0.385. The molecule has 0 heterocycles. The predicted molar refractivity (Wildman–Crippen MR) is 74.1 cm³/mol. The Bertz CT molecular complexity index is 571. The number of hydrogen-bond donors (Lipinski definition) is 1. The van der Waals surface area contributed by atoms with Crippen LogP contribution in [0.5, 0.6) is 5.75 Å². The number of unbranched alkanes of at least 4 members (excludes halogenated alkanes) is 3. The van der Waals surface area contributed by atoms with E-state index in [2.05, 4.69) is 6.92 Å². The highest BCUT2D eigenvalue weighted by atomic mass is 32.2. The van der Waals surface area contributed by atoms with Crippen LogP contribution in [0.2, 0.25) is 0 Å². The normalized spacial score (nSPS) is 11.3. The molecular weight excluding hydrogens is 284 g/mol. The fourth-order valence-electron chi connectivity index (χ4n) is 1.66. The van der Waals surface area contributed by atoms with Gasteiger partial charge < -0.3 is 4.74 Å². The summed E-state index contributed by atoms with van der Waals surface area (Å²) in [6.07, 6.45) is 3.93. The molecule has 0 bridgehead atoms. The van der Waals surface area contributed by atoms with Gasteiger partial charge in [0.1, 0.15) is 10.6 Å². The largest absolute Gasteiger partial charge is 0.492 e. The number of hydrogen-bond acceptors (Lipinski definition) is 5. The molecule has 1 rings (SSSR count). The van der Waals surface area contributed by atoms with Crippen molar-refractivity contribution in [1.29, 1.82) is 0 Å². The summed E-state index contributed by atoms with van der Waals surface area (Å²) >= 11 is 0. The van der Waals surface area contributed by atoms with Crippen LogP contribution in [0, 0.1) is 10.1 Å². The topological polar surface area (TPSA) is 113 Å². The van der Waals surface area contributed by atoms with Crippen molar-refractivity contribution in [3.63, 3.8) is 0 Å². The molecule has 1 aromatic carbocycles. The number of primary sulfonamides is 1. The monoisotopic (exact) mass is 302 g/mol. The standard InChI is InChI=1S/C12H18N2O5S/c1-2-3-4-5-8-19-11-7-6-10(14(15)16)9-12(11)20(13,17)18/h6-7,9H,2-5,8H2,1H3,(H2,13,17,18). The fourth-order valence-corrected chi connectivity index (χ4v) is 2.36. The number of ether oxygens (including phenoxy) is 1. The second-order valence-corrected chi connectivity index (χ2v) is 5.87. The molecule has 0 aliphatic heterocycles. The summed E-state index contributed by atoms with van der Waals surface area (Å²) in [5.74, 6) is 0.0506. The zero-order valence-electron chi connectivity index (χ0n) is 11.2. The van der Waals surface area contributed by atoms with Crippen LogP contribution in [0.4, 0.5) is 5.69 Å². The van der Waals surface area contributed by atoms with E-state index in [4.69, 9.17) is 9.88 Å². The van der Waals surface area contributed by atoms with Crippen molar-refractivity contribution in [2.45, 2.75) is 37.5 Å². The maximum absolute atomic E-state index is 11.4. The van der Waals surface area contributed by atoms with Crippen LogP contribution in [0.15, 0.2) is 23.1 Å². The van der Waals surface area contributed by atoms with E-state index < -0.39 is 14.9 Å². The number of nitrogens with zero attached hydrogens (tertiary/aromatic N) is 1. The number of benzene rings is 1. The van der Waals surface area contributed by atoms with E-state index >= 15 is 0 Å². The Morgan fingerprint density at radius 1 is 1.30 bits per heavy atom. The van der Waals surface area contributed by atoms with E-state index in [0.29, 0.717) is 6.61 Å². The Kier molecular flexibility index (Phi) is 5.90. The minimum Gasteiger partial charge on any atom is -0.492 e. The van der Waals surface area contributed by atoms with Gasteiger partial charge >= 0.3 is 0 Å². The second-order valence-electron chi connectivity index (χ2n) is 4.34. The van der Waals surface area contributed by atoms with Crippen LogP contribution in [0.3, 0.4) is 0 Å². The van der Waals surface area contributed by atoms with Gasteiger partial charge in [-0.3, -0.25) is 10.1 Å². The van der Waals surface area contributed by atoms with Crippen molar-refractivity contribution < 1.29 is 18.1 Å². The van der Waals surface area contributed by atoms with E-state index in [9.17, 15) is 18.5 Å². The highest BCUT2D eigenvalue weighted by Gasteiger charge is 2.19. The quantitative estimate of drug-likeness (QED) is 0.449. The van der Waals surface area contributed by atoms with Gasteiger partial charge in [0.15, 0.2) is 0 Å². The number of sulfonamides is 1. The maximum atomic E-state index is 11.4. The molecule has 0 aliphatic carbocycles. The van der Waals surface area contributed by atoms with Crippen molar-refractivity contribution in [3.8, 4) is 5.75 Å². The molecular formula is C12H18N2O5S. The smallest absolute Gasteiger partial charge is 0.271 e. The molecule has 0 unspecified atom stereocenters. The maximum Gasteiger partial charge on any atom is 0.271 e. The molecule has 0 saturated heterocycles. The van der Waals surface area contributed by atoms with Crippen LogP contribution in [0.1, 0.15) is 32.6 Å². The first-order chi connectivity index (χ1) is 9.36. The van der Waals surface area contributed by atoms with Crippen LogP contribution in [-0.4, -0.2) is 19.9 Å². The third-order valence-corrected chi connectivity index (χ3v) is 3.63. The Hall–Kier alpha value is -1.67. The summed E-state index contributed by atoms with van der Waals surface area (Å²) in [5.41, 5.74) is -0.340. The molecule has 0 radical (unpaired) electrons. The van der Waals surface area contributed by atoms with E-state index in [1.54, 1.807) is 0 Å². The molecule has 112 valence electrons. The molecule has 0 fully saturated rings. The van der Waals surface area contributed by atoms with Gasteiger partial charge in [0.2, 0.25) is 10.0 Å². The molecule has 7 nitrogen and oxygen atoms in total. The van der Waals surface area contributed by atoms with Gasteiger partial charge in [-0.25, -0.2) is 13.6 Å². The van der Waals surface area contributed by atoms with Crippen LogP contribution in [-0.2, 0) is 10.0 Å². The van der Waals surface area contributed by atoms with Crippen molar-refractivity contribution >= 4 is 15.7 Å². The molecule has 8 heteroatoms. The zero-order chi connectivity index (χ0) is 15.2. The van der Waals surface area contributed by atoms with Gasteiger partial charge in [0, 0.05) is 12.1 Å². The Labute approximate surface area is 117 Å². The molecule has 20 heavy (non-hydrogen) atoms. The fraction of sp³-hybridized carbons (Fsp3) is 0.500. The van der Waals surface area contributed by atoms with Gasteiger partial charge in [-0.2, -0.15) is 0 Å². The number of nitro benzene ring substituents is 1. The first kappa shape index (κ1) is 16.4. The summed E-state index contributed by atoms with van der Waals surface area (Å²) in [7, 11) is -4.07. The molecule has 0 atom stereocenters. The van der Waals surface area contributed by atoms with Crippen LogP contribution >= 0.6 is 0 Å². The van der Waals surface area contributed by atoms with E-state index in [1.807, 2.05) is 0 Å². The Morgan fingerprint density at radius 2 is 2.00 bits per heavy atom. The summed E-state index contributed by atoms with van der Waals surface area (Å²) in [4.78, 5) is 9.61. The van der Waals surface area contributed by atoms with Crippen LogP contribution in [0.25, 0.3) is 0 Å². The third kappa shape index (κ3) is 4.78. The molecule has 2 N–H and O–H groups in total. The minimum atomic E-state index is -4.07. The third-order valence-electron chi connectivity index (χ3n) is 2.70. The first-order valence-corrected chi connectivity index (χ1v) is 7.85. The van der Waals surface area contributed by atoms with Crippen molar-refractivity contribution in [1.82, 2.24) is 0 Å². The summed E-state index contributed by atoms with van der Waals surface area (Å²) < 4.78 is 28.2. The van der Waals surface area contributed by atoms with Crippen LogP contribution < -0.4 is 9.88 Å². The summed E-state index contributed by atoms with van der Waals surface area (Å²) in [6.45, 7) is 2.43. The summed E-state index contributed by atoms with van der Waals surface area (Å²) in [5, 5.41) is 15.7. The molecule has 1 aromatic rings. The second kappa shape index (κ2) is 7.20. The average Bonchev–Trinajstić information content (AvgIpc) is 2.37. The van der Waals surface area contributed by atoms with Gasteiger partial charge in [0.05, 0.1) is 11.5 Å². The number of nitro groups is 1. The van der Waals surface area contributed by atoms with Crippen molar-refractivity contribution in [3.05, 3.63) is 28.3 Å². The molecule has 0 aliphatic rings. The van der Waals surface area contributed by atoms with E-state index in [0.717, 1.165) is 31.7 Å². The molecule has 0 amide bonds. The lowest BCUT2D eigenvalue weighted by Gasteiger charge is -2.09. The lowest BCUT2D eigenvalue weighted by atomic mass is 10.2. The van der Waals surface area contributed by atoms with Crippen molar-refractivity contribution in [2.75, 3.05) is 6.61 Å². The zero-order valence-corrected chi connectivity index (χ0v) is 12.1.